The lowest BCUT2D eigenvalue weighted by atomic mass is 10.1. The van der Waals surface area contributed by atoms with Gasteiger partial charge in [0.2, 0.25) is 5.91 Å². The van der Waals surface area contributed by atoms with Crippen LogP contribution in [0.25, 0.3) is 0 Å². The number of nitrogens with one attached hydrogen (secondary N) is 1. The summed E-state index contributed by atoms with van der Waals surface area (Å²) in [6.45, 7) is 9.68. The number of carbonyl (C=O) groups excluding carboxylic acids is 1. The van der Waals surface area contributed by atoms with Gasteiger partial charge < -0.3 is 10.1 Å². The fraction of sp³-hybridized carbons (Fsp3) is 0.458. The first-order valence-electron chi connectivity index (χ1n) is 10.5. The number of ether oxygens (including phenoxy) is 1. The molecule has 1 fully saturated rings. The molecule has 1 aliphatic rings. The number of methoxy groups -OCH3 is 1. The maximum Gasteiger partial charge on any atom is 0.237 e. The van der Waals surface area contributed by atoms with Crippen LogP contribution in [0, 0.1) is 6.92 Å². The molecular weight excluding hydrogens is 362 g/mol. The first-order chi connectivity index (χ1) is 14.1. The third-order valence-electron chi connectivity index (χ3n) is 5.86. The fourth-order valence-corrected chi connectivity index (χ4v) is 3.77. The van der Waals surface area contributed by atoms with Crippen LogP contribution in [0.15, 0.2) is 48.5 Å². The molecule has 0 spiro atoms. The molecule has 156 valence electrons. The van der Waals surface area contributed by atoms with Crippen LogP contribution in [0.2, 0.25) is 0 Å². The second-order valence-corrected chi connectivity index (χ2v) is 7.80. The van der Waals surface area contributed by atoms with Gasteiger partial charge >= 0.3 is 0 Å². The minimum Gasteiger partial charge on any atom is -0.497 e. The largest absolute Gasteiger partial charge is 0.497 e. The van der Waals surface area contributed by atoms with Crippen molar-refractivity contribution in [2.45, 2.75) is 32.9 Å². The Balaban J connectivity index is 1.39. The van der Waals surface area contributed by atoms with Crippen molar-refractivity contribution in [3.8, 4) is 5.75 Å². The first-order valence-corrected chi connectivity index (χ1v) is 10.5. The molecule has 29 heavy (non-hydrogen) atoms. The number of nitrogens with zero attached hydrogens (tertiary/aromatic N) is 2. The van der Waals surface area contributed by atoms with Gasteiger partial charge in [-0.05, 0) is 49.1 Å². The highest BCUT2D eigenvalue weighted by Crippen LogP contribution is 2.14. The van der Waals surface area contributed by atoms with Gasteiger partial charge in [0.05, 0.1) is 13.2 Å². The van der Waals surface area contributed by atoms with Crippen molar-refractivity contribution in [2.24, 2.45) is 0 Å². The number of piperazine rings is 1. The molecule has 2 aromatic rings. The van der Waals surface area contributed by atoms with E-state index in [4.69, 9.17) is 4.74 Å². The zero-order valence-corrected chi connectivity index (χ0v) is 17.9. The van der Waals surface area contributed by atoms with E-state index < -0.39 is 0 Å². The molecule has 5 heteroatoms. The van der Waals surface area contributed by atoms with Crippen LogP contribution in [0.4, 0.5) is 0 Å². The van der Waals surface area contributed by atoms with E-state index >= 15 is 0 Å². The van der Waals surface area contributed by atoms with Crippen LogP contribution in [-0.4, -0.2) is 61.6 Å². The number of aryl methyl sites for hydroxylation is 1. The van der Waals surface area contributed by atoms with Crippen LogP contribution in [0.3, 0.4) is 0 Å². The van der Waals surface area contributed by atoms with E-state index in [9.17, 15) is 4.79 Å². The van der Waals surface area contributed by atoms with Crippen LogP contribution >= 0.6 is 0 Å². The Morgan fingerprint density at radius 2 is 1.76 bits per heavy atom. The molecule has 1 unspecified atom stereocenters. The van der Waals surface area contributed by atoms with Crippen LogP contribution in [0.5, 0.6) is 5.75 Å². The molecule has 1 N–H and O–H groups in total. The highest BCUT2D eigenvalue weighted by Gasteiger charge is 2.25. The summed E-state index contributed by atoms with van der Waals surface area (Å²) in [6, 6.07) is 16.5. The SMILES string of the molecule is COc1ccc(CCNC(=O)C(C)N2CCN(Cc3ccccc3C)CC2)cc1. The maximum atomic E-state index is 12.6. The molecule has 0 bridgehead atoms. The quantitative estimate of drug-likeness (QED) is 0.747. The van der Waals surface area contributed by atoms with Gasteiger partial charge in [0, 0.05) is 39.3 Å². The van der Waals surface area contributed by atoms with Gasteiger partial charge in [-0.15, -0.1) is 0 Å². The molecule has 5 nitrogen and oxygen atoms in total. The van der Waals surface area contributed by atoms with E-state index in [0.717, 1.165) is 44.9 Å². The number of amides is 1. The van der Waals surface area contributed by atoms with E-state index in [-0.39, 0.29) is 11.9 Å². The summed E-state index contributed by atoms with van der Waals surface area (Å²) < 4.78 is 5.18. The predicted molar refractivity (Wildman–Crippen MR) is 117 cm³/mol. The van der Waals surface area contributed by atoms with Crippen LogP contribution in [-0.2, 0) is 17.8 Å². The molecule has 1 atom stereocenters. The number of benzene rings is 2. The van der Waals surface area contributed by atoms with Gasteiger partial charge in [-0.2, -0.15) is 0 Å². The summed E-state index contributed by atoms with van der Waals surface area (Å²) in [5.74, 6) is 0.971. The molecule has 1 aliphatic heterocycles. The third-order valence-corrected chi connectivity index (χ3v) is 5.86. The van der Waals surface area contributed by atoms with Crippen LogP contribution in [0.1, 0.15) is 23.6 Å². The summed E-state index contributed by atoms with van der Waals surface area (Å²) in [5.41, 5.74) is 3.94. The van der Waals surface area contributed by atoms with E-state index in [1.54, 1.807) is 7.11 Å². The van der Waals surface area contributed by atoms with Gasteiger partial charge in [-0.25, -0.2) is 0 Å². The molecule has 1 amide bonds. The summed E-state index contributed by atoms with van der Waals surface area (Å²) in [4.78, 5) is 17.3. The molecule has 0 aromatic heterocycles. The molecule has 2 aromatic carbocycles. The summed E-state index contributed by atoms with van der Waals surface area (Å²) in [7, 11) is 1.67. The second-order valence-electron chi connectivity index (χ2n) is 7.80. The Morgan fingerprint density at radius 1 is 1.07 bits per heavy atom. The molecular formula is C24H33N3O2. The first kappa shape index (κ1) is 21.3. The van der Waals surface area contributed by atoms with Gasteiger partial charge in [0.25, 0.3) is 0 Å². The molecule has 1 saturated heterocycles. The zero-order valence-electron chi connectivity index (χ0n) is 17.9. The summed E-state index contributed by atoms with van der Waals surface area (Å²) in [6.07, 6.45) is 0.826. The minimum absolute atomic E-state index is 0.0912. The average molecular weight is 396 g/mol. The molecule has 0 radical (unpaired) electrons. The zero-order chi connectivity index (χ0) is 20.6. The molecule has 1 heterocycles. The fourth-order valence-electron chi connectivity index (χ4n) is 3.77. The Morgan fingerprint density at radius 3 is 2.41 bits per heavy atom. The highest BCUT2D eigenvalue weighted by atomic mass is 16.5. The van der Waals surface area contributed by atoms with Gasteiger partial charge in [-0.3, -0.25) is 14.6 Å². The number of hydrogen-bond acceptors (Lipinski definition) is 4. The minimum atomic E-state index is -0.0912. The average Bonchev–Trinajstić information content (AvgIpc) is 2.76. The van der Waals surface area contributed by atoms with Crippen molar-refractivity contribution in [3.63, 3.8) is 0 Å². The lowest BCUT2D eigenvalue weighted by molar-refractivity contribution is -0.126. The number of hydrogen-bond donors (Lipinski definition) is 1. The predicted octanol–water partition coefficient (Wildman–Crippen LogP) is 2.87. The van der Waals surface area contributed by atoms with Crippen molar-refractivity contribution in [1.82, 2.24) is 15.1 Å². The van der Waals surface area contributed by atoms with E-state index in [2.05, 4.69) is 46.3 Å². The van der Waals surface area contributed by atoms with Crippen molar-refractivity contribution < 1.29 is 9.53 Å². The Hall–Kier alpha value is -2.37. The van der Waals surface area contributed by atoms with E-state index in [1.165, 1.54) is 16.7 Å². The van der Waals surface area contributed by atoms with Crippen molar-refractivity contribution in [2.75, 3.05) is 39.8 Å². The summed E-state index contributed by atoms with van der Waals surface area (Å²) in [5, 5.41) is 3.09. The Kier molecular flexibility index (Phi) is 7.67. The smallest absolute Gasteiger partial charge is 0.237 e. The maximum absolute atomic E-state index is 12.6. The Bertz CT molecular complexity index is 783. The van der Waals surface area contributed by atoms with Gasteiger partial charge in [-0.1, -0.05) is 36.4 Å². The standard InChI is InChI=1S/C24H33N3O2/c1-19-6-4-5-7-22(19)18-26-14-16-27(17-15-26)20(2)24(28)25-13-12-21-8-10-23(29-3)11-9-21/h4-11,20H,12-18H2,1-3H3,(H,25,28). The highest BCUT2D eigenvalue weighted by molar-refractivity contribution is 5.81. The Labute approximate surface area is 174 Å². The van der Waals surface area contributed by atoms with Crippen molar-refractivity contribution in [3.05, 3.63) is 65.2 Å². The van der Waals surface area contributed by atoms with Gasteiger partial charge in [0.1, 0.15) is 5.75 Å². The normalized spacial score (nSPS) is 16.4. The monoisotopic (exact) mass is 395 g/mol. The van der Waals surface area contributed by atoms with E-state index in [1.807, 2.05) is 31.2 Å². The summed E-state index contributed by atoms with van der Waals surface area (Å²) >= 11 is 0. The third kappa shape index (κ3) is 6.05. The van der Waals surface area contributed by atoms with Crippen LogP contribution < -0.4 is 10.1 Å². The van der Waals surface area contributed by atoms with E-state index in [0.29, 0.717) is 6.54 Å². The topological polar surface area (TPSA) is 44.8 Å². The molecule has 0 saturated carbocycles. The lowest BCUT2D eigenvalue weighted by Crippen LogP contribution is -2.53. The van der Waals surface area contributed by atoms with Crippen molar-refractivity contribution >= 4 is 5.91 Å². The number of carbonyl (C=O) groups is 1. The lowest BCUT2D eigenvalue weighted by Gasteiger charge is -2.37. The van der Waals surface area contributed by atoms with Crippen molar-refractivity contribution in [1.29, 1.82) is 0 Å². The number of rotatable bonds is 8. The molecule has 3 rings (SSSR count). The molecule has 0 aliphatic carbocycles. The van der Waals surface area contributed by atoms with Gasteiger partial charge in [0.15, 0.2) is 0 Å². The second kappa shape index (κ2) is 10.4.